The van der Waals surface area contributed by atoms with Gasteiger partial charge in [-0.05, 0) is 80.1 Å². The van der Waals surface area contributed by atoms with Crippen LogP contribution in [0.25, 0.3) is 0 Å². The highest BCUT2D eigenvalue weighted by molar-refractivity contribution is 5.87. The number of likely N-dealkylation sites (tertiary alicyclic amines) is 2. The molecule has 1 N–H and O–H groups in total. The Balaban J connectivity index is 1.45. The first-order chi connectivity index (χ1) is 15.8. The standard InChI is InChI=1S/C27H33FN2O3/c1-19(2)17-30-24(15-20-5-4-8-23(28)14-20)16-27(26(30)33)9-11-29(12-10-27)18-21-6-3-7-22(13-21)25(31)32/h3-8,13-14,19,24H,9-12,15-18H2,1-2H3,(H,31,32). The third-order valence-corrected chi connectivity index (χ3v) is 7.10. The highest BCUT2D eigenvalue weighted by Gasteiger charge is 2.52. The Bertz CT molecular complexity index is 1010. The fourth-order valence-corrected chi connectivity index (χ4v) is 5.48. The molecule has 2 saturated heterocycles. The number of halogens is 1. The summed E-state index contributed by atoms with van der Waals surface area (Å²) < 4.78 is 13.7. The van der Waals surface area contributed by atoms with E-state index < -0.39 is 5.97 Å². The van der Waals surface area contributed by atoms with Crippen LogP contribution in [0.15, 0.2) is 48.5 Å². The van der Waals surface area contributed by atoms with Gasteiger partial charge in [-0.3, -0.25) is 9.69 Å². The lowest BCUT2D eigenvalue weighted by Crippen LogP contribution is -2.45. The lowest BCUT2D eigenvalue weighted by Gasteiger charge is -2.38. The summed E-state index contributed by atoms with van der Waals surface area (Å²) in [6.45, 7) is 7.30. The lowest BCUT2D eigenvalue weighted by molar-refractivity contribution is -0.139. The Kier molecular flexibility index (Phi) is 6.84. The first-order valence-electron chi connectivity index (χ1n) is 11.9. The number of carbonyl (C=O) groups excluding carboxylic acids is 1. The predicted octanol–water partition coefficient (Wildman–Crippen LogP) is 4.61. The first-order valence-corrected chi connectivity index (χ1v) is 11.9. The third kappa shape index (κ3) is 5.27. The van der Waals surface area contributed by atoms with Crippen molar-refractivity contribution in [2.45, 2.75) is 52.1 Å². The van der Waals surface area contributed by atoms with Crippen LogP contribution in [0, 0.1) is 17.2 Å². The van der Waals surface area contributed by atoms with Crippen molar-refractivity contribution in [3.63, 3.8) is 0 Å². The van der Waals surface area contributed by atoms with E-state index in [4.69, 9.17) is 0 Å². The van der Waals surface area contributed by atoms with Crippen LogP contribution in [-0.2, 0) is 17.8 Å². The fraction of sp³-hybridized carbons (Fsp3) is 0.481. The fourth-order valence-electron chi connectivity index (χ4n) is 5.48. The van der Waals surface area contributed by atoms with Crippen LogP contribution in [0.3, 0.4) is 0 Å². The summed E-state index contributed by atoms with van der Waals surface area (Å²) in [5, 5.41) is 9.24. The zero-order valence-corrected chi connectivity index (χ0v) is 19.5. The maximum atomic E-state index is 13.7. The van der Waals surface area contributed by atoms with E-state index in [2.05, 4.69) is 23.6 Å². The molecule has 2 aliphatic heterocycles. The minimum atomic E-state index is -0.916. The number of hydrogen-bond donors (Lipinski definition) is 1. The average Bonchev–Trinajstić information content (AvgIpc) is 3.01. The average molecular weight is 453 g/mol. The van der Waals surface area contributed by atoms with Gasteiger partial charge in [-0.15, -0.1) is 0 Å². The van der Waals surface area contributed by atoms with E-state index in [-0.39, 0.29) is 23.2 Å². The highest BCUT2D eigenvalue weighted by Crippen LogP contribution is 2.45. The van der Waals surface area contributed by atoms with Gasteiger partial charge in [0.2, 0.25) is 5.91 Å². The molecular weight excluding hydrogens is 419 g/mol. The smallest absolute Gasteiger partial charge is 0.335 e. The van der Waals surface area contributed by atoms with Crippen LogP contribution < -0.4 is 0 Å². The number of hydrogen-bond acceptors (Lipinski definition) is 3. The van der Waals surface area contributed by atoms with Gasteiger partial charge in [0.25, 0.3) is 0 Å². The van der Waals surface area contributed by atoms with E-state index in [9.17, 15) is 19.1 Å². The molecule has 4 rings (SSSR count). The Morgan fingerprint density at radius 2 is 1.82 bits per heavy atom. The summed E-state index contributed by atoms with van der Waals surface area (Å²) in [4.78, 5) is 29.3. The summed E-state index contributed by atoms with van der Waals surface area (Å²) in [6.07, 6.45) is 3.11. The Hall–Kier alpha value is -2.73. The molecule has 33 heavy (non-hydrogen) atoms. The summed E-state index contributed by atoms with van der Waals surface area (Å²) in [7, 11) is 0. The summed E-state index contributed by atoms with van der Waals surface area (Å²) in [5.74, 6) is -0.520. The molecule has 1 atom stereocenters. The quantitative estimate of drug-likeness (QED) is 0.667. The molecule has 0 radical (unpaired) electrons. The summed E-state index contributed by atoms with van der Waals surface area (Å²) in [5.41, 5.74) is 1.88. The number of aromatic carboxylic acids is 1. The van der Waals surface area contributed by atoms with Crippen molar-refractivity contribution >= 4 is 11.9 Å². The van der Waals surface area contributed by atoms with E-state index in [1.807, 2.05) is 12.1 Å². The molecule has 2 aromatic carbocycles. The number of carbonyl (C=O) groups is 2. The van der Waals surface area contributed by atoms with Gasteiger partial charge < -0.3 is 10.0 Å². The minimum absolute atomic E-state index is 0.0977. The van der Waals surface area contributed by atoms with Crippen LogP contribution in [0.2, 0.25) is 0 Å². The number of rotatable bonds is 7. The molecule has 2 aliphatic rings. The Labute approximate surface area is 195 Å². The molecule has 1 unspecified atom stereocenters. The maximum Gasteiger partial charge on any atom is 0.335 e. The molecule has 0 bridgehead atoms. The van der Waals surface area contributed by atoms with Crippen LogP contribution in [-0.4, -0.2) is 52.5 Å². The van der Waals surface area contributed by atoms with Crippen molar-refractivity contribution in [2.24, 2.45) is 11.3 Å². The van der Waals surface area contributed by atoms with Gasteiger partial charge in [-0.2, -0.15) is 0 Å². The molecule has 0 saturated carbocycles. The number of benzene rings is 2. The van der Waals surface area contributed by atoms with Gasteiger partial charge in [0, 0.05) is 19.1 Å². The number of carboxylic acid groups (broad SMARTS) is 1. The van der Waals surface area contributed by atoms with Gasteiger partial charge in [0.05, 0.1) is 11.0 Å². The van der Waals surface area contributed by atoms with Crippen LogP contribution in [0.1, 0.15) is 54.6 Å². The van der Waals surface area contributed by atoms with Crippen LogP contribution in [0.5, 0.6) is 0 Å². The molecule has 1 spiro atoms. The summed E-state index contributed by atoms with van der Waals surface area (Å²) in [6, 6.07) is 13.9. The Morgan fingerprint density at radius 1 is 1.12 bits per heavy atom. The zero-order valence-electron chi connectivity index (χ0n) is 19.5. The molecule has 5 nitrogen and oxygen atoms in total. The normalized spacial score (nSPS) is 20.7. The van der Waals surface area contributed by atoms with Gasteiger partial charge >= 0.3 is 5.97 Å². The number of nitrogens with zero attached hydrogens (tertiary/aromatic N) is 2. The molecule has 0 aliphatic carbocycles. The topological polar surface area (TPSA) is 60.9 Å². The SMILES string of the molecule is CC(C)CN1C(=O)C2(CCN(Cc3cccc(C(=O)O)c3)CC2)CC1Cc1cccc(F)c1. The molecule has 0 aromatic heterocycles. The first kappa shape index (κ1) is 23.4. The van der Waals surface area contributed by atoms with E-state index in [1.165, 1.54) is 6.07 Å². The van der Waals surface area contributed by atoms with Crippen molar-refractivity contribution in [2.75, 3.05) is 19.6 Å². The predicted molar refractivity (Wildman–Crippen MR) is 125 cm³/mol. The second-order valence-electron chi connectivity index (χ2n) is 10.1. The molecule has 1 amide bonds. The number of piperidine rings is 1. The monoisotopic (exact) mass is 452 g/mol. The van der Waals surface area contributed by atoms with Crippen molar-refractivity contribution in [1.82, 2.24) is 9.80 Å². The molecular formula is C27H33FN2O3. The van der Waals surface area contributed by atoms with Crippen molar-refractivity contribution in [3.8, 4) is 0 Å². The van der Waals surface area contributed by atoms with E-state index in [1.54, 1.807) is 30.3 Å². The van der Waals surface area contributed by atoms with Crippen molar-refractivity contribution in [1.29, 1.82) is 0 Å². The number of carboxylic acids is 1. The highest BCUT2D eigenvalue weighted by atomic mass is 19.1. The second kappa shape index (κ2) is 9.64. The van der Waals surface area contributed by atoms with Gasteiger partial charge in [0.15, 0.2) is 0 Å². The Morgan fingerprint density at radius 3 is 2.48 bits per heavy atom. The van der Waals surface area contributed by atoms with E-state index in [0.717, 1.165) is 50.0 Å². The van der Waals surface area contributed by atoms with Gasteiger partial charge in [-0.1, -0.05) is 38.1 Å². The lowest BCUT2D eigenvalue weighted by atomic mass is 9.75. The third-order valence-electron chi connectivity index (χ3n) is 7.10. The minimum Gasteiger partial charge on any atom is -0.478 e. The van der Waals surface area contributed by atoms with Crippen LogP contribution in [0.4, 0.5) is 4.39 Å². The van der Waals surface area contributed by atoms with Crippen molar-refractivity contribution in [3.05, 3.63) is 71.0 Å². The van der Waals surface area contributed by atoms with Gasteiger partial charge in [-0.25, -0.2) is 9.18 Å². The molecule has 6 heteroatoms. The zero-order chi connectivity index (χ0) is 23.6. The van der Waals surface area contributed by atoms with E-state index in [0.29, 0.717) is 24.4 Å². The molecule has 2 fully saturated rings. The molecule has 176 valence electrons. The van der Waals surface area contributed by atoms with Crippen molar-refractivity contribution < 1.29 is 19.1 Å². The van der Waals surface area contributed by atoms with E-state index >= 15 is 0 Å². The van der Waals surface area contributed by atoms with Gasteiger partial charge in [0.1, 0.15) is 5.82 Å². The van der Waals surface area contributed by atoms with Crippen LogP contribution >= 0.6 is 0 Å². The number of amides is 1. The molecule has 2 heterocycles. The maximum absolute atomic E-state index is 13.7. The summed E-state index contributed by atoms with van der Waals surface area (Å²) >= 11 is 0. The second-order valence-corrected chi connectivity index (χ2v) is 10.1. The molecule has 2 aromatic rings. The largest absolute Gasteiger partial charge is 0.478 e.